The molecule has 20 heavy (non-hydrogen) atoms. The summed E-state index contributed by atoms with van der Waals surface area (Å²) < 4.78 is 0. The summed E-state index contributed by atoms with van der Waals surface area (Å²) >= 11 is 0. The molecule has 0 aromatic heterocycles. The Morgan fingerprint density at radius 2 is 1.85 bits per heavy atom. The highest BCUT2D eigenvalue weighted by Gasteiger charge is 2.31. The molecule has 0 fully saturated rings. The second kappa shape index (κ2) is 9.14. The van der Waals surface area contributed by atoms with E-state index in [0.29, 0.717) is 0 Å². The number of unbranched alkanes of at least 4 members (excludes halogenated alkanes) is 2. The molecule has 0 amide bonds. The molecule has 112 valence electrons. The number of hydrogen-bond acceptors (Lipinski definition) is 1. The summed E-state index contributed by atoms with van der Waals surface area (Å²) in [6, 6.07) is 11.1. The van der Waals surface area contributed by atoms with Crippen LogP contribution in [0, 0.1) is 0 Å². The van der Waals surface area contributed by atoms with E-state index < -0.39 is 8.07 Å². The van der Waals surface area contributed by atoms with Gasteiger partial charge in [-0.05, 0) is 31.3 Å². The first-order valence-corrected chi connectivity index (χ1v) is 11.1. The number of benzene rings is 1. The summed E-state index contributed by atoms with van der Waals surface area (Å²) in [6.07, 6.45) is 11.0. The van der Waals surface area contributed by atoms with Crippen molar-refractivity contribution in [3.05, 3.63) is 42.5 Å². The lowest BCUT2D eigenvalue weighted by atomic mass is 10.1. The number of hydrogen-bond donors (Lipinski definition) is 1. The maximum Gasteiger partial charge on any atom is 0.0873 e. The minimum atomic E-state index is -1.42. The van der Waals surface area contributed by atoms with E-state index >= 15 is 0 Å². The summed E-state index contributed by atoms with van der Waals surface area (Å²) in [7, 11) is -1.42. The zero-order chi connectivity index (χ0) is 14.8. The van der Waals surface area contributed by atoms with Crippen LogP contribution in [-0.2, 0) is 0 Å². The van der Waals surface area contributed by atoms with Crippen LogP contribution in [0.4, 0.5) is 0 Å². The van der Waals surface area contributed by atoms with E-state index in [1.165, 1.54) is 19.3 Å². The molecular formula is C18H31NSi. The first-order chi connectivity index (χ1) is 9.62. The molecule has 1 nitrogen and oxygen atoms in total. The molecular weight excluding hydrogens is 258 g/mol. The molecule has 2 N–H and O–H groups in total. The molecule has 0 aliphatic rings. The molecule has 1 aromatic carbocycles. The summed E-state index contributed by atoms with van der Waals surface area (Å²) in [5.41, 5.74) is 6.32. The zero-order valence-corrected chi connectivity index (χ0v) is 14.4. The summed E-state index contributed by atoms with van der Waals surface area (Å²) in [4.78, 5) is 0. The highest BCUT2D eigenvalue weighted by Crippen LogP contribution is 2.29. The fourth-order valence-corrected chi connectivity index (χ4v) is 5.72. The third kappa shape index (κ3) is 5.26. The smallest absolute Gasteiger partial charge is 0.0873 e. The van der Waals surface area contributed by atoms with Crippen molar-refractivity contribution in [1.82, 2.24) is 0 Å². The highest BCUT2D eigenvalue weighted by atomic mass is 28.3. The van der Waals surface area contributed by atoms with Crippen molar-refractivity contribution in [3.8, 4) is 0 Å². The molecule has 0 unspecified atom stereocenters. The maximum absolute atomic E-state index is 5.58. The molecule has 2 heteroatoms. The van der Waals surface area contributed by atoms with E-state index in [4.69, 9.17) is 5.73 Å². The molecule has 0 saturated carbocycles. The Morgan fingerprint density at radius 1 is 1.15 bits per heavy atom. The quantitative estimate of drug-likeness (QED) is 0.405. The van der Waals surface area contributed by atoms with Crippen LogP contribution in [0.3, 0.4) is 0 Å². The SMILES string of the molecule is CCCC[C@@H](/C=C/CCCN)[Si](C)(C)c1ccccc1. The lowest BCUT2D eigenvalue weighted by Crippen LogP contribution is -2.45. The van der Waals surface area contributed by atoms with Crippen molar-refractivity contribution in [3.63, 3.8) is 0 Å². The van der Waals surface area contributed by atoms with Gasteiger partial charge >= 0.3 is 0 Å². The minimum absolute atomic E-state index is 0.739. The topological polar surface area (TPSA) is 26.0 Å². The van der Waals surface area contributed by atoms with Gasteiger partial charge in [0.25, 0.3) is 0 Å². The van der Waals surface area contributed by atoms with Crippen molar-refractivity contribution >= 4 is 13.3 Å². The van der Waals surface area contributed by atoms with Crippen LogP contribution in [0.25, 0.3) is 0 Å². The molecule has 0 spiro atoms. The van der Waals surface area contributed by atoms with E-state index in [1.54, 1.807) is 5.19 Å². The van der Waals surface area contributed by atoms with Crippen LogP contribution in [0.1, 0.15) is 39.0 Å². The third-order valence-corrected chi connectivity index (χ3v) is 8.41. The van der Waals surface area contributed by atoms with E-state index in [2.05, 4.69) is 62.5 Å². The normalized spacial score (nSPS) is 13.8. The molecule has 0 aliphatic heterocycles. The van der Waals surface area contributed by atoms with Gasteiger partial charge in [-0.25, -0.2) is 0 Å². The first-order valence-electron chi connectivity index (χ1n) is 8.05. The van der Waals surface area contributed by atoms with Crippen LogP contribution in [0.15, 0.2) is 42.5 Å². The van der Waals surface area contributed by atoms with Gasteiger partial charge in [0.2, 0.25) is 0 Å². The van der Waals surface area contributed by atoms with Gasteiger partial charge in [0.15, 0.2) is 0 Å². The number of rotatable bonds is 9. The van der Waals surface area contributed by atoms with Gasteiger partial charge in [0, 0.05) is 0 Å². The maximum atomic E-state index is 5.58. The predicted octanol–water partition coefficient (Wildman–Crippen LogP) is 4.46. The third-order valence-electron chi connectivity index (χ3n) is 4.26. The van der Waals surface area contributed by atoms with E-state index in [0.717, 1.165) is 24.9 Å². The van der Waals surface area contributed by atoms with Crippen molar-refractivity contribution < 1.29 is 0 Å². The Bertz CT molecular complexity index is 384. The molecule has 1 atom stereocenters. The summed E-state index contributed by atoms with van der Waals surface area (Å²) in [6.45, 7) is 8.10. The Balaban J connectivity index is 2.82. The van der Waals surface area contributed by atoms with Crippen LogP contribution >= 0.6 is 0 Å². The van der Waals surface area contributed by atoms with Crippen LogP contribution < -0.4 is 10.9 Å². The second-order valence-corrected chi connectivity index (χ2v) is 11.0. The standard InChI is InChI=1S/C18H31NSi/c1-4-5-12-17(15-10-7-11-16-19)20(2,3)18-13-8-6-9-14-18/h6,8-10,13-15,17H,4-5,7,11-12,16,19H2,1-3H3/b15-10+/t17-/m0/s1. The lowest BCUT2D eigenvalue weighted by Gasteiger charge is -2.31. The number of allylic oxidation sites excluding steroid dienone is 2. The minimum Gasteiger partial charge on any atom is -0.330 e. The van der Waals surface area contributed by atoms with E-state index in [9.17, 15) is 0 Å². The van der Waals surface area contributed by atoms with Gasteiger partial charge in [-0.15, -0.1) is 0 Å². The summed E-state index contributed by atoms with van der Waals surface area (Å²) in [5, 5.41) is 1.57. The van der Waals surface area contributed by atoms with Crippen LogP contribution in [-0.4, -0.2) is 14.6 Å². The Labute approximate surface area is 126 Å². The molecule has 1 aromatic rings. The van der Waals surface area contributed by atoms with Gasteiger partial charge in [-0.1, -0.05) is 80.5 Å². The Hall–Kier alpha value is -0.863. The average molecular weight is 290 g/mol. The molecule has 0 heterocycles. The monoisotopic (exact) mass is 289 g/mol. The van der Waals surface area contributed by atoms with Gasteiger partial charge < -0.3 is 5.73 Å². The van der Waals surface area contributed by atoms with Gasteiger partial charge in [0.1, 0.15) is 0 Å². The van der Waals surface area contributed by atoms with Crippen LogP contribution in [0.2, 0.25) is 18.6 Å². The van der Waals surface area contributed by atoms with Crippen molar-refractivity contribution in [2.45, 2.75) is 57.7 Å². The number of nitrogens with two attached hydrogens (primary N) is 1. The zero-order valence-electron chi connectivity index (χ0n) is 13.4. The van der Waals surface area contributed by atoms with Gasteiger partial charge in [0.05, 0.1) is 8.07 Å². The van der Waals surface area contributed by atoms with E-state index in [-0.39, 0.29) is 0 Å². The van der Waals surface area contributed by atoms with Crippen LogP contribution in [0.5, 0.6) is 0 Å². The van der Waals surface area contributed by atoms with Crippen molar-refractivity contribution in [2.24, 2.45) is 5.73 Å². The fourth-order valence-electron chi connectivity index (χ4n) is 2.70. The van der Waals surface area contributed by atoms with Crippen molar-refractivity contribution in [1.29, 1.82) is 0 Å². The highest BCUT2D eigenvalue weighted by molar-refractivity contribution is 6.91. The Kier molecular flexibility index (Phi) is 7.86. The van der Waals surface area contributed by atoms with E-state index in [1.807, 2.05) is 0 Å². The second-order valence-electron chi connectivity index (χ2n) is 6.20. The van der Waals surface area contributed by atoms with Crippen molar-refractivity contribution in [2.75, 3.05) is 6.54 Å². The predicted molar refractivity (Wildman–Crippen MR) is 94.3 cm³/mol. The molecule has 0 aliphatic carbocycles. The molecule has 0 bridgehead atoms. The first kappa shape index (κ1) is 17.2. The molecule has 1 rings (SSSR count). The molecule has 0 saturated heterocycles. The Morgan fingerprint density at radius 3 is 2.45 bits per heavy atom. The average Bonchev–Trinajstić information content (AvgIpc) is 2.47. The lowest BCUT2D eigenvalue weighted by molar-refractivity contribution is 0.714. The fraction of sp³-hybridized carbons (Fsp3) is 0.556. The largest absolute Gasteiger partial charge is 0.330 e. The van der Waals surface area contributed by atoms with Gasteiger partial charge in [-0.2, -0.15) is 0 Å². The van der Waals surface area contributed by atoms with Gasteiger partial charge in [-0.3, -0.25) is 0 Å². The summed E-state index contributed by atoms with van der Waals surface area (Å²) in [5.74, 6) is 0. The molecule has 0 radical (unpaired) electrons.